The first kappa shape index (κ1) is 11.8. The summed E-state index contributed by atoms with van der Waals surface area (Å²) >= 11 is 0. The van der Waals surface area contributed by atoms with Gasteiger partial charge in [-0.05, 0) is 0 Å². The van der Waals surface area contributed by atoms with E-state index in [4.69, 9.17) is 5.11 Å². The Kier molecular flexibility index (Phi) is 3.09. The molecule has 0 radical (unpaired) electrons. The lowest BCUT2D eigenvalue weighted by Crippen LogP contribution is -2.21. The molecule has 18 heavy (non-hydrogen) atoms. The van der Waals surface area contributed by atoms with Gasteiger partial charge in [0.1, 0.15) is 5.82 Å². The third-order valence-corrected chi connectivity index (χ3v) is 2.28. The van der Waals surface area contributed by atoms with Crippen molar-refractivity contribution in [1.82, 2.24) is 19.7 Å². The molecular weight excluding hydrogens is 238 g/mol. The highest BCUT2D eigenvalue weighted by Gasteiger charge is 2.21. The molecule has 2 heterocycles. The number of aromatic amines is 1. The van der Waals surface area contributed by atoms with Crippen LogP contribution < -0.4 is 10.9 Å². The van der Waals surface area contributed by atoms with Gasteiger partial charge in [0.25, 0.3) is 5.56 Å². The molecule has 0 saturated carbocycles. The predicted octanol–water partition coefficient (Wildman–Crippen LogP) is -0.259. The second-order valence-electron chi connectivity index (χ2n) is 3.66. The Morgan fingerprint density at radius 3 is 2.94 bits per heavy atom. The number of carboxylic acids is 1. The molecular formula is C10H11N5O3. The lowest BCUT2D eigenvalue weighted by molar-refractivity contribution is -0.138. The van der Waals surface area contributed by atoms with E-state index in [0.717, 1.165) is 0 Å². The molecule has 0 aromatic carbocycles. The van der Waals surface area contributed by atoms with Crippen LogP contribution in [0.25, 0.3) is 0 Å². The minimum absolute atomic E-state index is 0.190. The Balaban J connectivity index is 2.27. The third-order valence-electron chi connectivity index (χ3n) is 2.28. The van der Waals surface area contributed by atoms with Crippen LogP contribution in [0, 0.1) is 0 Å². The summed E-state index contributed by atoms with van der Waals surface area (Å²) in [7, 11) is 1.69. The summed E-state index contributed by atoms with van der Waals surface area (Å²) in [6.45, 7) is 0. The summed E-state index contributed by atoms with van der Waals surface area (Å²) in [4.78, 5) is 28.5. The lowest BCUT2D eigenvalue weighted by Gasteiger charge is -2.12. The van der Waals surface area contributed by atoms with Gasteiger partial charge in [-0.25, -0.2) is 9.78 Å². The van der Waals surface area contributed by atoms with Crippen molar-refractivity contribution < 1.29 is 9.90 Å². The lowest BCUT2D eigenvalue weighted by atomic mass is 10.1. The van der Waals surface area contributed by atoms with Gasteiger partial charge in [0.05, 0.1) is 12.5 Å². The van der Waals surface area contributed by atoms with Crippen LogP contribution >= 0.6 is 0 Å². The topological polar surface area (TPSA) is 113 Å². The largest absolute Gasteiger partial charge is 0.479 e. The van der Waals surface area contributed by atoms with Crippen LogP contribution in [0.3, 0.4) is 0 Å². The molecule has 0 amide bonds. The second-order valence-corrected chi connectivity index (χ2v) is 3.66. The van der Waals surface area contributed by atoms with Gasteiger partial charge in [0.15, 0.2) is 6.04 Å². The van der Waals surface area contributed by atoms with Crippen molar-refractivity contribution in [3.63, 3.8) is 0 Å². The number of nitrogens with one attached hydrogen (secondary N) is 2. The number of hydrogen-bond acceptors (Lipinski definition) is 5. The molecule has 8 nitrogen and oxygen atoms in total. The molecule has 0 aliphatic rings. The van der Waals surface area contributed by atoms with E-state index in [0.29, 0.717) is 5.56 Å². The van der Waals surface area contributed by atoms with Crippen molar-refractivity contribution >= 4 is 11.8 Å². The molecule has 2 aromatic rings. The van der Waals surface area contributed by atoms with Gasteiger partial charge in [-0.2, -0.15) is 5.10 Å². The van der Waals surface area contributed by atoms with Gasteiger partial charge in [-0.3, -0.25) is 9.48 Å². The molecule has 8 heteroatoms. The van der Waals surface area contributed by atoms with Crippen molar-refractivity contribution in [3.05, 3.63) is 40.7 Å². The zero-order valence-corrected chi connectivity index (χ0v) is 9.49. The highest BCUT2D eigenvalue weighted by atomic mass is 16.4. The fourth-order valence-electron chi connectivity index (χ4n) is 1.47. The predicted molar refractivity (Wildman–Crippen MR) is 62.1 cm³/mol. The van der Waals surface area contributed by atoms with E-state index in [-0.39, 0.29) is 11.4 Å². The van der Waals surface area contributed by atoms with E-state index < -0.39 is 12.0 Å². The first-order chi connectivity index (χ1) is 8.56. The highest BCUT2D eigenvalue weighted by Crippen LogP contribution is 2.16. The first-order valence-electron chi connectivity index (χ1n) is 5.09. The summed E-state index contributed by atoms with van der Waals surface area (Å²) < 4.78 is 1.50. The molecule has 1 atom stereocenters. The maximum Gasteiger partial charge on any atom is 0.330 e. The number of carbonyl (C=O) groups is 1. The van der Waals surface area contributed by atoms with Gasteiger partial charge in [0.2, 0.25) is 0 Å². The zero-order chi connectivity index (χ0) is 13.1. The SMILES string of the molecule is Cn1cc(C(Nc2cc(=O)[nH]cn2)C(=O)O)cn1. The number of H-pyrrole nitrogens is 1. The van der Waals surface area contributed by atoms with Crippen LogP contribution in [-0.2, 0) is 11.8 Å². The Bertz CT molecular complexity index is 618. The maximum atomic E-state index is 11.2. The number of aromatic nitrogens is 4. The molecule has 3 N–H and O–H groups in total. The maximum absolute atomic E-state index is 11.2. The summed E-state index contributed by atoms with van der Waals surface area (Å²) in [5.74, 6) is -0.889. The molecule has 1 unspecified atom stereocenters. The monoisotopic (exact) mass is 249 g/mol. The van der Waals surface area contributed by atoms with Crippen LogP contribution in [0.15, 0.2) is 29.6 Å². The number of hydrogen-bond donors (Lipinski definition) is 3. The van der Waals surface area contributed by atoms with E-state index in [2.05, 4.69) is 20.4 Å². The van der Waals surface area contributed by atoms with Crippen molar-refractivity contribution in [2.24, 2.45) is 7.05 Å². The molecule has 0 aliphatic carbocycles. The van der Waals surface area contributed by atoms with Gasteiger partial charge in [-0.1, -0.05) is 0 Å². The molecule has 94 valence electrons. The number of carboxylic acid groups (broad SMARTS) is 1. The summed E-state index contributed by atoms with van der Waals surface area (Å²) in [6.07, 6.45) is 4.23. The van der Waals surface area contributed by atoms with Crippen LogP contribution in [0.2, 0.25) is 0 Å². The van der Waals surface area contributed by atoms with Crippen LogP contribution in [0.5, 0.6) is 0 Å². The van der Waals surface area contributed by atoms with Gasteiger partial charge in [0, 0.05) is 24.9 Å². The Morgan fingerprint density at radius 1 is 1.61 bits per heavy atom. The van der Waals surface area contributed by atoms with E-state index in [1.807, 2.05) is 0 Å². The minimum Gasteiger partial charge on any atom is -0.479 e. The Labute approximate surface area is 101 Å². The molecule has 0 bridgehead atoms. The van der Waals surface area contributed by atoms with Gasteiger partial charge in [-0.15, -0.1) is 0 Å². The fraction of sp³-hybridized carbons (Fsp3) is 0.200. The number of aryl methyl sites for hydroxylation is 1. The Hall–Kier alpha value is -2.64. The van der Waals surface area contributed by atoms with E-state index in [9.17, 15) is 9.59 Å². The molecule has 0 aliphatic heterocycles. The third kappa shape index (κ3) is 2.54. The number of aliphatic carboxylic acids is 1. The summed E-state index contributed by atoms with van der Waals surface area (Å²) in [5.41, 5.74) is 0.120. The van der Waals surface area contributed by atoms with Gasteiger partial charge >= 0.3 is 5.97 Å². The number of nitrogens with zero attached hydrogens (tertiary/aromatic N) is 3. The normalized spacial score (nSPS) is 12.1. The first-order valence-corrected chi connectivity index (χ1v) is 5.09. The Morgan fingerprint density at radius 2 is 2.39 bits per heavy atom. The molecule has 2 aromatic heterocycles. The summed E-state index contributed by atoms with van der Waals surface area (Å²) in [6, 6.07) is 0.180. The van der Waals surface area contributed by atoms with Crippen molar-refractivity contribution in [2.45, 2.75) is 6.04 Å². The standard InChI is InChI=1S/C10H11N5O3/c1-15-4-6(3-13-15)9(10(17)18)14-7-2-8(16)12-5-11-7/h2-5,9H,1H3,(H,17,18)(H2,11,12,14,16). The highest BCUT2D eigenvalue weighted by molar-refractivity contribution is 5.78. The quantitative estimate of drug-likeness (QED) is 0.688. The average Bonchev–Trinajstić information content (AvgIpc) is 2.72. The smallest absolute Gasteiger partial charge is 0.330 e. The summed E-state index contributed by atoms with van der Waals surface area (Å²) in [5, 5.41) is 15.7. The average molecular weight is 249 g/mol. The molecule has 0 spiro atoms. The second kappa shape index (κ2) is 4.70. The van der Waals surface area contributed by atoms with E-state index in [1.54, 1.807) is 13.2 Å². The van der Waals surface area contributed by atoms with Crippen molar-refractivity contribution in [1.29, 1.82) is 0 Å². The number of anilines is 1. The van der Waals surface area contributed by atoms with E-state index in [1.165, 1.54) is 23.3 Å². The van der Waals surface area contributed by atoms with Crippen molar-refractivity contribution in [3.8, 4) is 0 Å². The van der Waals surface area contributed by atoms with Crippen LogP contribution in [0.1, 0.15) is 11.6 Å². The van der Waals surface area contributed by atoms with Crippen LogP contribution in [0.4, 0.5) is 5.82 Å². The minimum atomic E-state index is -1.08. The molecule has 0 fully saturated rings. The van der Waals surface area contributed by atoms with Crippen LogP contribution in [-0.4, -0.2) is 30.8 Å². The number of rotatable bonds is 4. The molecule has 0 saturated heterocycles. The van der Waals surface area contributed by atoms with Crippen molar-refractivity contribution in [2.75, 3.05) is 5.32 Å². The van der Waals surface area contributed by atoms with Gasteiger partial charge < -0.3 is 15.4 Å². The zero-order valence-electron chi connectivity index (χ0n) is 9.49. The van der Waals surface area contributed by atoms with E-state index >= 15 is 0 Å². The molecule has 2 rings (SSSR count). The fourth-order valence-corrected chi connectivity index (χ4v) is 1.47.